The monoisotopic (exact) mass is 276 g/mol. The number of hydrogen-bond donors (Lipinski definition) is 2. The molecule has 0 unspecified atom stereocenters. The van der Waals surface area contributed by atoms with Crippen molar-refractivity contribution in [2.24, 2.45) is 12.8 Å². The second-order valence-corrected chi connectivity index (χ2v) is 7.12. The molecule has 1 aromatic rings. The van der Waals surface area contributed by atoms with Crippen molar-refractivity contribution < 1.29 is 8.42 Å². The van der Waals surface area contributed by atoms with E-state index in [0.29, 0.717) is 17.0 Å². The maximum Gasteiger partial charge on any atom is 0.148 e. The third-order valence-corrected chi connectivity index (χ3v) is 4.49. The summed E-state index contributed by atoms with van der Waals surface area (Å²) in [5.41, 5.74) is 6.76. The van der Waals surface area contributed by atoms with Gasteiger partial charge in [0.05, 0.1) is 17.0 Å². The van der Waals surface area contributed by atoms with Crippen molar-refractivity contribution in [3.05, 3.63) is 11.3 Å². The summed E-state index contributed by atoms with van der Waals surface area (Å²) in [4.78, 5) is 0. The average Bonchev–Trinajstić information content (AvgIpc) is 2.39. The number of thioether (sulfide) groups is 1. The van der Waals surface area contributed by atoms with Gasteiger partial charge in [-0.2, -0.15) is 5.10 Å². The lowest BCUT2D eigenvalue weighted by atomic mass is 10.2. The van der Waals surface area contributed by atoms with E-state index in [1.807, 2.05) is 0 Å². The van der Waals surface area contributed by atoms with Crippen LogP contribution >= 0.6 is 11.8 Å². The van der Waals surface area contributed by atoms with Crippen molar-refractivity contribution in [2.75, 3.05) is 17.8 Å². The van der Waals surface area contributed by atoms with Gasteiger partial charge in [-0.3, -0.25) is 10.1 Å². The molecule has 0 atom stereocenters. The van der Waals surface area contributed by atoms with E-state index >= 15 is 0 Å². The smallest absolute Gasteiger partial charge is 0.148 e. The normalized spacial score (nSPS) is 11.7. The van der Waals surface area contributed by atoms with Gasteiger partial charge in [0.2, 0.25) is 0 Å². The van der Waals surface area contributed by atoms with E-state index in [4.69, 9.17) is 11.1 Å². The SMILES string of the molecule is Cc1nn(C)c(SCCS(C)(=O)=O)c1C(=N)N. The number of aromatic nitrogens is 2. The summed E-state index contributed by atoms with van der Waals surface area (Å²) in [6.45, 7) is 1.78. The Bertz CT molecular complexity index is 533. The summed E-state index contributed by atoms with van der Waals surface area (Å²) in [5.74, 6) is 0.481. The molecule has 0 bridgehead atoms. The van der Waals surface area contributed by atoms with Crippen molar-refractivity contribution >= 4 is 27.4 Å². The first-order valence-corrected chi connectivity index (χ1v) is 7.95. The first-order chi connectivity index (χ1) is 7.72. The molecule has 0 spiro atoms. The summed E-state index contributed by atoms with van der Waals surface area (Å²) in [6.07, 6.45) is 1.20. The molecule has 0 saturated carbocycles. The number of nitrogens with two attached hydrogens (primary N) is 1. The number of nitrogen functional groups attached to an aromatic ring is 1. The van der Waals surface area contributed by atoms with Crippen LogP contribution in [-0.2, 0) is 16.9 Å². The van der Waals surface area contributed by atoms with Gasteiger partial charge in [-0.25, -0.2) is 8.42 Å². The Morgan fingerprint density at radius 3 is 2.65 bits per heavy atom. The predicted octanol–water partition coefficient (Wildman–Crippen LogP) is 0.149. The summed E-state index contributed by atoms with van der Waals surface area (Å²) in [6, 6.07) is 0. The molecule has 3 N–H and O–H groups in total. The summed E-state index contributed by atoms with van der Waals surface area (Å²) < 4.78 is 23.7. The molecule has 0 aliphatic heterocycles. The number of amidine groups is 1. The summed E-state index contributed by atoms with van der Waals surface area (Å²) in [7, 11) is -1.22. The Hall–Kier alpha value is -1.02. The Morgan fingerprint density at radius 2 is 2.18 bits per heavy atom. The lowest BCUT2D eigenvalue weighted by Gasteiger charge is -2.04. The van der Waals surface area contributed by atoms with Gasteiger partial charge >= 0.3 is 0 Å². The van der Waals surface area contributed by atoms with E-state index in [2.05, 4.69) is 5.10 Å². The highest BCUT2D eigenvalue weighted by Gasteiger charge is 2.16. The fourth-order valence-corrected chi connectivity index (χ4v) is 3.77. The Morgan fingerprint density at radius 1 is 1.59 bits per heavy atom. The third-order valence-electron chi connectivity index (χ3n) is 2.13. The average molecular weight is 276 g/mol. The molecule has 8 heteroatoms. The predicted molar refractivity (Wildman–Crippen MR) is 69.4 cm³/mol. The number of nitrogens with zero attached hydrogens (tertiary/aromatic N) is 2. The maximum absolute atomic E-state index is 11.0. The molecule has 1 rings (SSSR count). The van der Waals surface area contributed by atoms with Crippen LogP contribution in [0.5, 0.6) is 0 Å². The van der Waals surface area contributed by atoms with E-state index < -0.39 is 9.84 Å². The Balaban J connectivity index is 2.87. The van der Waals surface area contributed by atoms with Gasteiger partial charge in [-0.1, -0.05) is 0 Å². The molecule has 0 saturated heterocycles. The molecule has 6 nitrogen and oxygen atoms in total. The lowest BCUT2D eigenvalue weighted by Crippen LogP contribution is -2.13. The van der Waals surface area contributed by atoms with Gasteiger partial charge in [0, 0.05) is 19.1 Å². The molecule has 0 radical (unpaired) electrons. The highest BCUT2D eigenvalue weighted by molar-refractivity contribution is 8.00. The summed E-state index contributed by atoms with van der Waals surface area (Å²) in [5, 5.41) is 12.4. The van der Waals surface area contributed by atoms with Crippen LogP contribution in [0.25, 0.3) is 0 Å². The second kappa shape index (κ2) is 5.09. The number of nitrogens with one attached hydrogen (secondary N) is 1. The molecule has 0 aromatic carbocycles. The lowest BCUT2D eigenvalue weighted by molar-refractivity contribution is 0.603. The van der Waals surface area contributed by atoms with Crippen LogP contribution in [0.3, 0.4) is 0 Å². The second-order valence-electron chi connectivity index (χ2n) is 3.78. The van der Waals surface area contributed by atoms with Crippen LogP contribution in [-0.4, -0.2) is 41.8 Å². The minimum absolute atomic E-state index is 0.0440. The van der Waals surface area contributed by atoms with Crippen LogP contribution in [0, 0.1) is 12.3 Å². The largest absolute Gasteiger partial charge is 0.384 e. The van der Waals surface area contributed by atoms with Gasteiger partial charge < -0.3 is 5.73 Å². The van der Waals surface area contributed by atoms with Gasteiger partial charge in [0.1, 0.15) is 20.7 Å². The topological polar surface area (TPSA) is 102 Å². The Labute approximate surface area is 105 Å². The third kappa shape index (κ3) is 3.74. The zero-order valence-corrected chi connectivity index (χ0v) is 11.7. The van der Waals surface area contributed by atoms with Gasteiger partial charge in [0.15, 0.2) is 0 Å². The molecule has 0 aliphatic carbocycles. The van der Waals surface area contributed by atoms with E-state index in [9.17, 15) is 8.42 Å². The van der Waals surface area contributed by atoms with Crippen molar-refractivity contribution in [3.8, 4) is 0 Å². The van der Waals surface area contributed by atoms with Crippen molar-refractivity contribution in [1.29, 1.82) is 5.41 Å². The first kappa shape index (κ1) is 14.0. The van der Waals surface area contributed by atoms with E-state index in [0.717, 1.165) is 5.03 Å². The minimum Gasteiger partial charge on any atom is -0.384 e. The van der Waals surface area contributed by atoms with Gasteiger partial charge in [-0.15, -0.1) is 11.8 Å². The molecule has 0 amide bonds. The Kier molecular flexibility index (Phi) is 4.21. The van der Waals surface area contributed by atoms with Crippen LogP contribution in [0.4, 0.5) is 0 Å². The molecule has 96 valence electrons. The zero-order valence-electron chi connectivity index (χ0n) is 10.0. The minimum atomic E-state index is -2.97. The molecular formula is C9H16N4O2S2. The number of aryl methyl sites for hydroxylation is 2. The number of hydrogen-bond acceptors (Lipinski definition) is 5. The highest BCUT2D eigenvalue weighted by atomic mass is 32.2. The van der Waals surface area contributed by atoms with Crippen molar-refractivity contribution in [3.63, 3.8) is 0 Å². The van der Waals surface area contributed by atoms with E-state index in [1.54, 1.807) is 18.7 Å². The molecule has 1 heterocycles. The highest BCUT2D eigenvalue weighted by Crippen LogP contribution is 2.24. The van der Waals surface area contributed by atoms with E-state index in [-0.39, 0.29) is 11.6 Å². The molecule has 17 heavy (non-hydrogen) atoms. The van der Waals surface area contributed by atoms with E-state index in [1.165, 1.54) is 18.0 Å². The fourth-order valence-electron chi connectivity index (χ4n) is 1.40. The number of sulfone groups is 1. The van der Waals surface area contributed by atoms with Gasteiger partial charge in [0.25, 0.3) is 0 Å². The van der Waals surface area contributed by atoms with Crippen LogP contribution < -0.4 is 5.73 Å². The summed E-state index contributed by atoms with van der Waals surface area (Å²) >= 11 is 1.35. The van der Waals surface area contributed by atoms with Crippen LogP contribution in [0.1, 0.15) is 11.3 Å². The molecule has 1 aromatic heterocycles. The first-order valence-electron chi connectivity index (χ1n) is 4.91. The number of rotatable bonds is 5. The van der Waals surface area contributed by atoms with Crippen molar-refractivity contribution in [2.45, 2.75) is 11.9 Å². The molecular weight excluding hydrogens is 260 g/mol. The molecule has 0 fully saturated rings. The standard InChI is InChI=1S/C9H16N4O2S2/c1-6-7(8(10)11)9(13(2)12-6)16-4-5-17(3,14)15/h4-5H2,1-3H3,(H3,10,11). The zero-order chi connectivity index (χ0) is 13.2. The maximum atomic E-state index is 11.0. The molecule has 0 aliphatic rings. The van der Waals surface area contributed by atoms with Crippen molar-refractivity contribution in [1.82, 2.24) is 9.78 Å². The fraction of sp³-hybridized carbons (Fsp3) is 0.556. The quantitative estimate of drug-likeness (QED) is 0.453. The van der Waals surface area contributed by atoms with Crippen LogP contribution in [0.2, 0.25) is 0 Å². The van der Waals surface area contributed by atoms with Gasteiger partial charge in [-0.05, 0) is 6.92 Å². The van der Waals surface area contributed by atoms with Crippen LogP contribution in [0.15, 0.2) is 5.03 Å².